The van der Waals surface area contributed by atoms with Gasteiger partial charge in [0.1, 0.15) is 6.04 Å². The second-order valence-electron chi connectivity index (χ2n) is 7.21. The van der Waals surface area contributed by atoms with Gasteiger partial charge in [0.2, 0.25) is 0 Å². The van der Waals surface area contributed by atoms with Crippen molar-refractivity contribution in [3.63, 3.8) is 0 Å². The van der Waals surface area contributed by atoms with Crippen molar-refractivity contribution in [3.8, 4) is 0 Å². The van der Waals surface area contributed by atoms with Crippen LogP contribution in [0, 0.1) is 3.57 Å². The van der Waals surface area contributed by atoms with Gasteiger partial charge in [-0.2, -0.15) is 0 Å². The summed E-state index contributed by atoms with van der Waals surface area (Å²) in [6.45, 7) is 1.07. The number of carboxylic acid groups (broad SMARTS) is 1. The molecule has 0 fully saturated rings. The standard InChI is InChI=1S/C23H19Cl2IN2O2/c24-17-5-1-14(2-6-17)21-12-27-20-10-9-19(26)11-16(20)13-28(21)22(23(29)30)15-3-7-18(25)8-4-15/h1-11,21-22,27H,12-13H2,(H,29,30)/t21-,22+/m1/s1. The van der Waals surface area contributed by atoms with E-state index in [0.29, 0.717) is 28.7 Å². The normalized spacial score (nSPS) is 17.5. The van der Waals surface area contributed by atoms with Gasteiger partial charge in [0.15, 0.2) is 0 Å². The van der Waals surface area contributed by atoms with Gasteiger partial charge in [0, 0.05) is 32.4 Å². The molecule has 0 saturated heterocycles. The summed E-state index contributed by atoms with van der Waals surface area (Å²) in [5, 5.41) is 15.0. The molecule has 0 aliphatic carbocycles. The van der Waals surface area contributed by atoms with Gasteiger partial charge in [0.25, 0.3) is 0 Å². The lowest BCUT2D eigenvalue weighted by molar-refractivity contribution is -0.145. The van der Waals surface area contributed by atoms with Gasteiger partial charge in [-0.05, 0) is 81.7 Å². The molecule has 0 aromatic heterocycles. The zero-order valence-corrected chi connectivity index (χ0v) is 19.5. The monoisotopic (exact) mass is 552 g/mol. The van der Waals surface area contributed by atoms with Crippen LogP contribution in [0.5, 0.6) is 0 Å². The van der Waals surface area contributed by atoms with Crippen molar-refractivity contribution in [2.75, 3.05) is 11.9 Å². The number of anilines is 1. The summed E-state index contributed by atoms with van der Waals surface area (Å²) >= 11 is 14.4. The highest BCUT2D eigenvalue weighted by atomic mass is 127. The average Bonchev–Trinajstić information content (AvgIpc) is 2.89. The number of nitrogens with one attached hydrogen (secondary N) is 1. The number of carbonyl (C=O) groups is 1. The number of benzene rings is 3. The molecule has 1 aliphatic rings. The maximum Gasteiger partial charge on any atom is 0.325 e. The molecule has 154 valence electrons. The Morgan fingerprint density at radius 2 is 1.67 bits per heavy atom. The van der Waals surface area contributed by atoms with E-state index in [4.69, 9.17) is 23.2 Å². The summed E-state index contributed by atoms with van der Waals surface area (Å²) in [4.78, 5) is 14.5. The van der Waals surface area contributed by atoms with Crippen molar-refractivity contribution in [2.24, 2.45) is 0 Å². The second kappa shape index (κ2) is 9.14. The van der Waals surface area contributed by atoms with Gasteiger partial charge < -0.3 is 10.4 Å². The number of halogens is 3. The van der Waals surface area contributed by atoms with Crippen LogP contribution < -0.4 is 5.32 Å². The van der Waals surface area contributed by atoms with Crippen LogP contribution in [0.4, 0.5) is 5.69 Å². The number of hydrogen-bond acceptors (Lipinski definition) is 3. The summed E-state index contributed by atoms with van der Waals surface area (Å²) < 4.78 is 1.11. The van der Waals surface area contributed by atoms with Gasteiger partial charge in [-0.3, -0.25) is 9.69 Å². The topological polar surface area (TPSA) is 52.6 Å². The molecule has 3 aromatic rings. The van der Waals surface area contributed by atoms with E-state index in [0.717, 1.165) is 20.4 Å². The Labute approximate surface area is 198 Å². The van der Waals surface area contributed by atoms with Crippen LogP contribution in [0.3, 0.4) is 0 Å². The summed E-state index contributed by atoms with van der Waals surface area (Å²) in [6.07, 6.45) is 0. The van der Waals surface area contributed by atoms with E-state index < -0.39 is 12.0 Å². The first-order chi connectivity index (χ1) is 14.4. The molecule has 4 rings (SSSR count). The average molecular weight is 553 g/mol. The van der Waals surface area contributed by atoms with Crippen molar-refractivity contribution in [1.82, 2.24) is 4.90 Å². The number of rotatable bonds is 4. The maximum absolute atomic E-state index is 12.5. The number of carboxylic acids is 1. The zero-order valence-electron chi connectivity index (χ0n) is 15.9. The first-order valence-corrected chi connectivity index (χ1v) is 11.3. The minimum atomic E-state index is -0.898. The Hall–Kier alpha value is -1.80. The number of fused-ring (bicyclic) bond motifs is 1. The molecule has 0 bridgehead atoms. The fourth-order valence-corrected chi connectivity index (χ4v) is 4.69. The minimum absolute atomic E-state index is 0.163. The first kappa shape index (κ1) is 21.4. The van der Waals surface area contributed by atoms with Crippen LogP contribution in [0.25, 0.3) is 0 Å². The van der Waals surface area contributed by atoms with Gasteiger partial charge in [-0.15, -0.1) is 0 Å². The van der Waals surface area contributed by atoms with Gasteiger partial charge in [-0.25, -0.2) is 0 Å². The van der Waals surface area contributed by atoms with Crippen molar-refractivity contribution in [1.29, 1.82) is 0 Å². The molecule has 0 spiro atoms. The van der Waals surface area contributed by atoms with E-state index in [2.05, 4.69) is 40.0 Å². The molecule has 0 unspecified atom stereocenters. The molecule has 0 radical (unpaired) electrons. The zero-order chi connectivity index (χ0) is 21.3. The SMILES string of the molecule is O=C(O)[C@H](c1ccc(Cl)cc1)N1Cc2cc(I)ccc2NC[C@@H]1c1ccc(Cl)cc1. The molecule has 30 heavy (non-hydrogen) atoms. The Balaban J connectivity index is 1.82. The Kier molecular flexibility index (Phi) is 6.53. The number of nitrogens with zero attached hydrogens (tertiary/aromatic N) is 1. The first-order valence-electron chi connectivity index (χ1n) is 9.44. The Morgan fingerprint density at radius 3 is 2.30 bits per heavy atom. The lowest BCUT2D eigenvalue weighted by Crippen LogP contribution is -2.38. The highest BCUT2D eigenvalue weighted by molar-refractivity contribution is 14.1. The maximum atomic E-state index is 12.5. The third kappa shape index (κ3) is 4.59. The van der Waals surface area contributed by atoms with Crippen LogP contribution in [0.2, 0.25) is 10.0 Å². The summed E-state index contributed by atoms with van der Waals surface area (Å²) in [5.41, 5.74) is 3.80. The fraction of sp³-hybridized carbons (Fsp3) is 0.174. The lowest BCUT2D eigenvalue weighted by Gasteiger charge is -2.35. The van der Waals surface area contributed by atoms with E-state index in [9.17, 15) is 9.90 Å². The molecule has 4 nitrogen and oxygen atoms in total. The smallest absolute Gasteiger partial charge is 0.325 e. The molecule has 3 aromatic carbocycles. The van der Waals surface area contributed by atoms with Crippen LogP contribution in [-0.2, 0) is 11.3 Å². The molecular formula is C23H19Cl2IN2O2. The molecule has 2 atom stereocenters. The van der Waals surface area contributed by atoms with Gasteiger partial charge in [0.05, 0.1) is 6.04 Å². The van der Waals surface area contributed by atoms with Crippen molar-refractivity contribution in [2.45, 2.75) is 18.6 Å². The number of hydrogen-bond donors (Lipinski definition) is 2. The molecule has 1 heterocycles. The van der Waals surface area contributed by atoms with Gasteiger partial charge in [-0.1, -0.05) is 47.5 Å². The number of aliphatic carboxylic acids is 1. The van der Waals surface area contributed by atoms with Gasteiger partial charge >= 0.3 is 5.97 Å². The largest absolute Gasteiger partial charge is 0.480 e. The van der Waals surface area contributed by atoms with E-state index in [1.165, 1.54) is 0 Å². The van der Waals surface area contributed by atoms with Crippen molar-refractivity contribution in [3.05, 3.63) is 97.0 Å². The second-order valence-corrected chi connectivity index (χ2v) is 9.33. The van der Waals surface area contributed by atoms with Crippen molar-refractivity contribution >= 4 is 57.4 Å². The third-order valence-electron chi connectivity index (χ3n) is 5.31. The van der Waals surface area contributed by atoms with Crippen LogP contribution in [0.15, 0.2) is 66.7 Å². The summed E-state index contributed by atoms with van der Waals surface area (Å²) in [6, 6.07) is 19.9. The van der Waals surface area contributed by atoms with E-state index >= 15 is 0 Å². The fourth-order valence-electron chi connectivity index (χ4n) is 3.88. The minimum Gasteiger partial charge on any atom is -0.480 e. The molecule has 0 saturated carbocycles. The van der Waals surface area contributed by atoms with Crippen LogP contribution in [0.1, 0.15) is 28.8 Å². The molecular weight excluding hydrogens is 534 g/mol. The summed E-state index contributed by atoms with van der Waals surface area (Å²) in [7, 11) is 0. The molecule has 1 aliphatic heterocycles. The lowest BCUT2D eigenvalue weighted by atomic mass is 9.98. The van der Waals surface area contributed by atoms with Crippen LogP contribution >= 0.6 is 45.8 Å². The quantitative estimate of drug-likeness (QED) is 0.368. The predicted octanol–water partition coefficient (Wildman–Crippen LogP) is 6.39. The van der Waals surface area contributed by atoms with E-state index in [1.807, 2.05) is 35.2 Å². The molecule has 2 N–H and O–H groups in total. The molecule has 0 amide bonds. The highest BCUT2D eigenvalue weighted by Gasteiger charge is 2.35. The highest BCUT2D eigenvalue weighted by Crippen LogP contribution is 2.37. The predicted molar refractivity (Wildman–Crippen MR) is 129 cm³/mol. The van der Waals surface area contributed by atoms with E-state index in [1.54, 1.807) is 24.3 Å². The van der Waals surface area contributed by atoms with E-state index in [-0.39, 0.29) is 6.04 Å². The third-order valence-corrected chi connectivity index (χ3v) is 6.49. The van der Waals surface area contributed by atoms with Crippen molar-refractivity contribution < 1.29 is 9.90 Å². The molecule has 7 heteroatoms. The Morgan fingerprint density at radius 1 is 1.03 bits per heavy atom. The Bertz CT molecular complexity index is 1060. The summed E-state index contributed by atoms with van der Waals surface area (Å²) in [5.74, 6) is -0.898. The van der Waals surface area contributed by atoms with Crippen LogP contribution in [-0.4, -0.2) is 22.5 Å².